The molecular weight excluding hydrogens is 240 g/mol. The molecule has 0 spiro atoms. The molecule has 1 rings (SSSR count). The molecule has 3 heteroatoms. The van der Waals surface area contributed by atoms with Gasteiger partial charge in [0.25, 0.3) is 0 Å². The smallest absolute Gasteiger partial charge is 0.154 e. The van der Waals surface area contributed by atoms with Crippen molar-refractivity contribution in [1.82, 2.24) is 0 Å². The van der Waals surface area contributed by atoms with Gasteiger partial charge in [0.15, 0.2) is 6.29 Å². The van der Waals surface area contributed by atoms with Gasteiger partial charge in [-0.1, -0.05) is 42.5 Å². The highest BCUT2D eigenvalue weighted by atomic mass is 28.2. The van der Waals surface area contributed by atoms with Crippen molar-refractivity contribution < 1.29 is 9.47 Å². The molecule has 0 aliphatic heterocycles. The van der Waals surface area contributed by atoms with Crippen molar-refractivity contribution in [2.45, 2.75) is 32.2 Å². The summed E-state index contributed by atoms with van der Waals surface area (Å²) in [4.78, 5) is 0. The van der Waals surface area contributed by atoms with E-state index in [-0.39, 0.29) is 15.8 Å². The van der Waals surface area contributed by atoms with E-state index in [1.54, 1.807) is 0 Å². The van der Waals surface area contributed by atoms with E-state index >= 15 is 0 Å². The molecule has 0 aromatic heterocycles. The predicted molar refractivity (Wildman–Crippen MR) is 80.6 cm³/mol. The van der Waals surface area contributed by atoms with Crippen molar-refractivity contribution in [1.29, 1.82) is 0 Å². The summed E-state index contributed by atoms with van der Waals surface area (Å²) < 4.78 is 11.1. The van der Waals surface area contributed by atoms with Gasteiger partial charge in [0, 0.05) is 22.7 Å². The van der Waals surface area contributed by atoms with Crippen LogP contribution in [0.3, 0.4) is 0 Å². The summed E-state index contributed by atoms with van der Waals surface area (Å²) in [5.41, 5.74) is 2.60. The maximum Gasteiger partial charge on any atom is 0.154 e. The Morgan fingerprint density at radius 1 is 1.17 bits per heavy atom. The van der Waals surface area contributed by atoms with Crippen molar-refractivity contribution in [3.63, 3.8) is 0 Å². The molecule has 0 amide bonds. The molecule has 0 fully saturated rings. The molecule has 0 radical (unpaired) electrons. The van der Waals surface area contributed by atoms with Crippen molar-refractivity contribution in [2.75, 3.05) is 13.2 Å². The molecule has 0 aliphatic carbocycles. The van der Waals surface area contributed by atoms with Gasteiger partial charge < -0.3 is 9.47 Å². The summed E-state index contributed by atoms with van der Waals surface area (Å²) in [5, 5.41) is 0. The zero-order chi connectivity index (χ0) is 13.2. The molecule has 1 aromatic carbocycles. The van der Waals surface area contributed by atoms with E-state index in [1.165, 1.54) is 17.2 Å². The largest absolute Gasteiger partial charge is 0.353 e. The van der Waals surface area contributed by atoms with Crippen LogP contribution in [0.1, 0.15) is 25.0 Å². The SMILES string of the molecule is C=Cc1ccc(C[SiH2]CC(OCC)OCC)cc1. The molecule has 0 bridgehead atoms. The maximum absolute atomic E-state index is 5.56. The van der Waals surface area contributed by atoms with Crippen LogP contribution in [0.15, 0.2) is 30.8 Å². The molecule has 0 unspecified atom stereocenters. The Hall–Kier alpha value is -0.903. The van der Waals surface area contributed by atoms with E-state index in [2.05, 4.69) is 30.8 Å². The molecule has 0 saturated heterocycles. The summed E-state index contributed by atoms with van der Waals surface area (Å²) in [6.07, 6.45) is 1.89. The fourth-order valence-electron chi connectivity index (χ4n) is 1.88. The van der Waals surface area contributed by atoms with Gasteiger partial charge in [-0.15, -0.1) is 0 Å². The van der Waals surface area contributed by atoms with Gasteiger partial charge in [-0.05, 0) is 31.5 Å². The Bertz CT molecular complexity index is 329. The van der Waals surface area contributed by atoms with E-state index in [0.717, 1.165) is 19.3 Å². The number of ether oxygens (including phenoxy) is 2. The lowest BCUT2D eigenvalue weighted by Gasteiger charge is -2.16. The van der Waals surface area contributed by atoms with Crippen molar-refractivity contribution in [3.8, 4) is 0 Å². The molecular formula is C15H24O2Si. The van der Waals surface area contributed by atoms with Crippen LogP contribution in [-0.2, 0) is 15.5 Å². The monoisotopic (exact) mass is 264 g/mol. The minimum Gasteiger partial charge on any atom is -0.353 e. The van der Waals surface area contributed by atoms with Gasteiger partial charge >= 0.3 is 0 Å². The average molecular weight is 264 g/mol. The molecule has 0 atom stereocenters. The highest BCUT2D eigenvalue weighted by Crippen LogP contribution is 2.08. The highest BCUT2D eigenvalue weighted by Gasteiger charge is 2.07. The molecule has 18 heavy (non-hydrogen) atoms. The van der Waals surface area contributed by atoms with Crippen LogP contribution in [0.2, 0.25) is 6.04 Å². The minimum absolute atomic E-state index is 0.0131. The molecule has 100 valence electrons. The summed E-state index contributed by atoms with van der Waals surface area (Å²) in [5.74, 6) is 0. The number of benzene rings is 1. The number of hydrogen-bond acceptors (Lipinski definition) is 2. The number of hydrogen-bond donors (Lipinski definition) is 0. The van der Waals surface area contributed by atoms with Crippen LogP contribution in [-0.4, -0.2) is 29.0 Å². The lowest BCUT2D eigenvalue weighted by molar-refractivity contribution is -0.123. The Balaban J connectivity index is 2.32. The second-order valence-corrected chi connectivity index (χ2v) is 5.96. The molecule has 0 N–H and O–H groups in total. The fraction of sp³-hybridized carbons (Fsp3) is 0.467. The lowest BCUT2D eigenvalue weighted by Crippen LogP contribution is -2.19. The average Bonchev–Trinajstić information content (AvgIpc) is 2.40. The van der Waals surface area contributed by atoms with E-state index < -0.39 is 0 Å². The van der Waals surface area contributed by atoms with Crippen molar-refractivity contribution in [2.24, 2.45) is 0 Å². The van der Waals surface area contributed by atoms with E-state index in [0.29, 0.717) is 0 Å². The van der Waals surface area contributed by atoms with Crippen LogP contribution < -0.4 is 0 Å². The van der Waals surface area contributed by atoms with Crippen LogP contribution in [0.4, 0.5) is 0 Å². The van der Waals surface area contributed by atoms with E-state index in [4.69, 9.17) is 9.47 Å². The first-order valence-electron chi connectivity index (χ1n) is 6.74. The summed E-state index contributed by atoms with van der Waals surface area (Å²) in [6.45, 7) is 9.25. The first-order valence-corrected chi connectivity index (χ1v) is 8.74. The lowest BCUT2D eigenvalue weighted by atomic mass is 10.1. The Kier molecular flexibility index (Phi) is 7.65. The zero-order valence-corrected chi connectivity index (χ0v) is 12.9. The maximum atomic E-state index is 5.56. The fourth-order valence-corrected chi connectivity index (χ4v) is 3.49. The van der Waals surface area contributed by atoms with Gasteiger partial charge in [-0.3, -0.25) is 0 Å². The molecule has 0 saturated carbocycles. The molecule has 1 aromatic rings. The highest BCUT2D eigenvalue weighted by molar-refractivity contribution is 6.35. The summed E-state index contributed by atoms with van der Waals surface area (Å²) in [7, 11) is -0.169. The number of rotatable bonds is 9. The third kappa shape index (κ3) is 5.62. The summed E-state index contributed by atoms with van der Waals surface area (Å²) >= 11 is 0. The first kappa shape index (κ1) is 15.2. The van der Waals surface area contributed by atoms with Crippen LogP contribution in [0.25, 0.3) is 6.08 Å². The quantitative estimate of drug-likeness (QED) is 0.504. The standard InChI is InChI=1S/C15H24O2Si/c1-4-13-7-9-14(10-8-13)11-18-12-15(16-5-2)17-6-3/h4,7-10,15H,1,5-6,11-12,18H2,2-3H3. The molecule has 0 aliphatic rings. The van der Waals surface area contributed by atoms with Gasteiger partial charge in [0.05, 0.1) is 0 Å². The first-order chi connectivity index (χ1) is 8.80. The second kappa shape index (κ2) is 9.08. The van der Waals surface area contributed by atoms with Gasteiger partial charge in [-0.2, -0.15) is 0 Å². The normalized spacial score (nSPS) is 11.5. The van der Waals surface area contributed by atoms with Crippen LogP contribution >= 0.6 is 0 Å². The third-order valence-corrected chi connectivity index (χ3v) is 4.64. The van der Waals surface area contributed by atoms with Crippen molar-refractivity contribution in [3.05, 3.63) is 42.0 Å². The predicted octanol–water partition coefficient (Wildman–Crippen LogP) is 2.82. The van der Waals surface area contributed by atoms with E-state index in [1.807, 2.05) is 19.9 Å². The summed E-state index contributed by atoms with van der Waals surface area (Å²) in [6, 6.07) is 10.9. The minimum atomic E-state index is -0.169. The topological polar surface area (TPSA) is 18.5 Å². The molecule has 2 nitrogen and oxygen atoms in total. The van der Waals surface area contributed by atoms with Gasteiger partial charge in [0.2, 0.25) is 0 Å². The Morgan fingerprint density at radius 3 is 2.28 bits per heavy atom. The second-order valence-electron chi connectivity index (χ2n) is 4.18. The molecule has 0 heterocycles. The zero-order valence-electron chi connectivity index (χ0n) is 11.5. The Morgan fingerprint density at radius 2 is 1.78 bits per heavy atom. The third-order valence-electron chi connectivity index (χ3n) is 2.83. The van der Waals surface area contributed by atoms with Crippen LogP contribution in [0, 0.1) is 0 Å². The van der Waals surface area contributed by atoms with Crippen LogP contribution in [0.5, 0.6) is 0 Å². The van der Waals surface area contributed by atoms with Gasteiger partial charge in [-0.25, -0.2) is 0 Å². The van der Waals surface area contributed by atoms with Crippen molar-refractivity contribution >= 4 is 15.6 Å². The van der Waals surface area contributed by atoms with E-state index in [9.17, 15) is 0 Å². The van der Waals surface area contributed by atoms with Gasteiger partial charge in [0.1, 0.15) is 0 Å². The Labute approximate surface area is 113 Å².